The molecule has 1 aromatic heterocycles. The molecule has 0 spiro atoms. The zero-order valence-corrected chi connectivity index (χ0v) is 12.9. The maximum absolute atomic E-state index is 12.2. The number of hydrogen-bond acceptors (Lipinski definition) is 3. The predicted octanol–water partition coefficient (Wildman–Crippen LogP) is 3.68. The SMILES string of the molecule is CCOc1ccc(C(=O)Cc2ccn(C(C)CC)n2)cc1. The monoisotopic (exact) mass is 286 g/mol. The van der Waals surface area contributed by atoms with Gasteiger partial charge in [0.25, 0.3) is 0 Å². The molecule has 4 heteroatoms. The Labute approximate surface area is 125 Å². The third-order valence-electron chi connectivity index (χ3n) is 3.53. The smallest absolute Gasteiger partial charge is 0.168 e. The van der Waals surface area contributed by atoms with Crippen molar-refractivity contribution in [3.05, 3.63) is 47.8 Å². The van der Waals surface area contributed by atoms with E-state index in [9.17, 15) is 4.79 Å². The first-order valence-corrected chi connectivity index (χ1v) is 7.44. The van der Waals surface area contributed by atoms with Gasteiger partial charge in [0.1, 0.15) is 5.75 Å². The van der Waals surface area contributed by atoms with E-state index in [0.717, 1.165) is 17.9 Å². The first kappa shape index (κ1) is 15.3. The largest absolute Gasteiger partial charge is 0.494 e. The second-order valence-corrected chi connectivity index (χ2v) is 5.10. The highest BCUT2D eigenvalue weighted by Gasteiger charge is 2.11. The average Bonchev–Trinajstić information content (AvgIpc) is 2.96. The second kappa shape index (κ2) is 7.07. The third-order valence-corrected chi connectivity index (χ3v) is 3.53. The number of carbonyl (C=O) groups excluding carboxylic acids is 1. The molecule has 0 saturated carbocycles. The number of Topliss-reactive ketones (excluding diaryl/α,β-unsaturated/α-hetero) is 1. The highest BCUT2D eigenvalue weighted by Crippen LogP contribution is 2.15. The van der Waals surface area contributed by atoms with E-state index in [2.05, 4.69) is 18.9 Å². The molecule has 0 aliphatic carbocycles. The van der Waals surface area contributed by atoms with Crippen LogP contribution in [0.15, 0.2) is 36.5 Å². The molecule has 21 heavy (non-hydrogen) atoms. The minimum atomic E-state index is 0.0763. The van der Waals surface area contributed by atoms with E-state index in [1.54, 1.807) is 12.1 Å². The summed E-state index contributed by atoms with van der Waals surface area (Å²) in [7, 11) is 0. The van der Waals surface area contributed by atoms with Crippen molar-refractivity contribution in [1.82, 2.24) is 9.78 Å². The first-order chi connectivity index (χ1) is 10.1. The van der Waals surface area contributed by atoms with Gasteiger partial charge in [-0.3, -0.25) is 9.48 Å². The van der Waals surface area contributed by atoms with E-state index in [-0.39, 0.29) is 5.78 Å². The van der Waals surface area contributed by atoms with E-state index >= 15 is 0 Å². The summed E-state index contributed by atoms with van der Waals surface area (Å²) in [5.41, 5.74) is 1.51. The van der Waals surface area contributed by atoms with Crippen LogP contribution in [0.25, 0.3) is 0 Å². The summed E-state index contributed by atoms with van der Waals surface area (Å²) in [6, 6.07) is 9.54. The lowest BCUT2D eigenvalue weighted by atomic mass is 10.1. The number of nitrogens with zero attached hydrogens (tertiary/aromatic N) is 2. The fourth-order valence-electron chi connectivity index (χ4n) is 2.07. The van der Waals surface area contributed by atoms with Gasteiger partial charge in [-0.05, 0) is 50.6 Å². The quantitative estimate of drug-likeness (QED) is 0.729. The zero-order valence-electron chi connectivity index (χ0n) is 12.9. The van der Waals surface area contributed by atoms with Crippen molar-refractivity contribution in [3.8, 4) is 5.75 Å². The van der Waals surface area contributed by atoms with Gasteiger partial charge in [0.05, 0.1) is 18.7 Å². The molecule has 0 fully saturated rings. The fourth-order valence-corrected chi connectivity index (χ4v) is 2.07. The molecule has 112 valence electrons. The number of ketones is 1. The lowest BCUT2D eigenvalue weighted by Crippen LogP contribution is -2.07. The Morgan fingerprint density at radius 2 is 1.95 bits per heavy atom. The molecule has 0 saturated heterocycles. The van der Waals surface area contributed by atoms with Crippen molar-refractivity contribution in [2.45, 2.75) is 39.7 Å². The lowest BCUT2D eigenvalue weighted by molar-refractivity contribution is 0.0991. The van der Waals surface area contributed by atoms with Crippen LogP contribution in [0.1, 0.15) is 49.3 Å². The highest BCUT2D eigenvalue weighted by atomic mass is 16.5. The molecule has 0 aliphatic heterocycles. The summed E-state index contributed by atoms with van der Waals surface area (Å²) in [5.74, 6) is 0.863. The van der Waals surface area contributed by atoms with Crippen molar-refractivity contribution in [3.63, 3.8) is 0 Å². The van der Waals surface area contributed by atoms with Crippen LogP contribution in [0.4, 0.5) is 0 Å². The summed E-state index contributed by atoms with van der Waals surface area (Å²) in [5, 5.41) is 4.46. The van der Waals surface area contributed by atoms with Crippen molar-refractivity contribution in [1.29, 1.82) is 0 Å². The van der Waals surface area contributed by atoms with Gasteiger partial charge >= 0.3 is 0 Å². The minimum Gasteiger partial charge on any atom is -0.494 e. The molecule has 1 unspecified atom stereocenters. The van der Waals surface area contributed by atoms with E-state index in [1.165, 1.54) is 0 Å². The van der Waals surface area contributed by atoms with Gasteiger partial charge in [-0.15, -0.1) is 0 Å². The van der Waals surface area contributed by atoms with Crippen LogP contribution >= 0.6 is 0 Å². The Morgan fingerprint density at radius 1 is 1.24 bits per heavy atom. The van der Waals surface area contributed by atoms with E-state index < -0.39 is 0 Å². The number of benzene rings is 1. The van der Waals surface area contributed by atoms with Crippen LogP contribution in [0.3, 0.4) is 0 Å². The Balaban J connectivity index is 2.02. The molecule has 2 rings (SSSR count). The number of ether oxygens (including phenoxy) is 1. The summed E-state index contributed by atoms with van der Waals surface area (Å²) < 4.78 is 7.29. The number of hydrogen-bond donors (Lipinski definition) is 0. The second-order valence-electron chi connectivity index (χ2n) is 5.10. The lowest BCUT2D eigenvalue weighted by Gasteiger charge is -2.08. The Kier molecular flexibility index (Phi) is 5.14. The standard InChI is InChI=1S/C17H22N2O2/c1-4-13(3)19-11-10-15(18-19)12-17(20)14-6-8-16(9-7-14)21-5-2/h6-11,13H,4-5,12H2,1-3H3. The Morgan fingerprint density at radius 3 is 2.57 bits per heavy atom. The third kappa shape index (κ3) is 3.94. The van der Waals surface area contributed by atoms with Gasteiger partial charge in [0.2, 0.25) is 0 Å². The summed E-state index contributed by atoms with van der Waals surface area (Å²) in [4.78, 5) is 12.2. The summed E-state index contributed by atoms with van der Waals surface area (Å²) >= 11 is 0. The van der Waals surface area contributed by atoms with Gasteiger partial charge in [-0.2, -0.15) is 5.10 Å². The van der Waals surface area contributed by atoms with E-state index in [0.29, 0.717) is 24.6 Å². The summed E-state index contributed by atoms with van der Waals surface area (Å²) in [6.07, 6.45) is 3.29. The average molecular weight is 286 g/mol. The first-order valence-electron chi connectivity index (χ1n) is 7.44. The normalized spacial score (nSPS) is 12.1. The van der Waals surface area contributed by atoms with Crippen LogP contribution in [0.2, 0.25) is 0 Å². The number of carbonyl (C=O) groups is 1. The number of aromatic nitrogens is 2. The molecule has 0 bridgehead atoms. The maximum Gasteiger partial charge on any atom is 0.168 e. The molecule has 0 aliphatic rings. The van der Waals surface area contributed by atoms with Crippen molar-refractivity contribution in [2.75, 3.05) is 6.61 Å². The topological polar surface area (TPSA) is 44.1 Å². The molecular formula is C17H22N2O2. The maximum atomic E-state index is 12.2. The molecule has 1 atom stereocenters. The molecule has 2 aromatic rings. The molecule has 0 amide bonds. The van der Waals surface area contributed by atoms with Crippen LogP contribution < -0.4 is 4.74 Å². The molecule has 0 radical (unpaired) electrons. The van der Waals surface area contributed by atoms with Crippen molar-refractivity contribution < 1.29 is 9.53 Å². The van der Waals surface area contributed by atoms with Crippen LogP contribution in [0.5, 0.6) is 5.75 Å². The fraction of sp³-hybridized carbons (Fsp3) is 0.412. The van der Waals surface area contributed by atoms with Crippen molar-refractivity contribution >= 4 is 5.78 Å². The molecule has 4 nitrogen and oxygen atoms in total. The highest BCUT2D eigenvalue weighted by molar-refractivity contribution is 5.97. The van der Waals surface area contributed by atoms with E-state index in [4.69, 9.17) is 4.74 Å². The molecular weight excluding hydrogens is 264 g/mol. The zero-order chi connectivity index (χ0) is 15.2. The molecule has 0 N–H and O–H groups in total. The van der Waals surface area contributed by atoms with Gasteiger partial charge in [0.15, 0.2) is 5.78 Å². The Bertz CT molecular complexity index is 587. The van der Waals surface area contributed by atoms with E-state index in [1.807, 2.05) is 36.0 Å². The van der Waals surface area contributed by atoms with Crippen molar-refractivity contribution in [2.24, 2.45) is 0 Å². The Hall–Kier alpha value is -2.10. The van der Waals surface area contributed by atoms with Crippen LogP contribution in [-0.2, 0) is 6.42 Å². The minimum absolute atomic E-state index is 0.0763. The molecule has 1 heterocycles. The molecule has 1 aromatic carbocycles. The van der Waals surface area contributed by atoms with Crippen LogP contribution in [0, 0.1) is 0 Å². The van der Waals surface area contributed by atoms with Gasteiger partial charge in [-0.1, -0.05) is 6.92 Å². The summed E-state index contributed by atoms with van der Waals surface area (Å²) in [6.45, 7) is 6.80. The van der Waals surface area contributed by atoms with Gasteiger partial charge in [0, 0.05) is 17.8 Å². The van der Waals surface area contributed by atoms with Gasteiger partial charge in [-0.25, -0.2) is 0 Å². The number of rotatable bonds is 7. The van der Waals surface area contributed by atoms with Gasteiger partial charge < -0.3 is 4.74 Å². The van der Waals surface area contributed by atoms with Crippen LogP contribution in [-0.4, -0.2) is 22.2 Å². The predicted molar refractivity (Wildman–Crippen MR) is 82.9 cm³/mol.